The number of carbonyl (C=O) groups is 3. The van der Waals surface area contributed by atoms with Crippen molar-refractivity contribution in [1.29, 1.82) is 0 Å². The number of alkyl halides is 1. The average molecular weight is 468 g/mol. The number of amides is 1. The van der Waals surface area contributed by atoms with Crippen molar-refractivity contribution in [2.45, 2.75) is 62.6 Å². The van der Waals surface area contributed by atoms with E-state index in [1.54, 1.807) is 26.8 Å². The number of ether oxygens (including phenoxy) is 1. The van der Waals surface area contributed by atoms with Crippen LogP contribution in [0.1, 0.15) is 50.4 Å². The summed E-state index contributed by atoms with van der Waals surface area (Å²) in [5, 5.41) is 12.4. The van der Waals surface area contributed by atoms with Gasteiger partial charge >= 0.3 is 12.1 Å². The third-order valence-corrected chi connectivity index (χ3v) is 6.40. The Bertz CT molecular complexity index is 977. The maximum atomic E-state index is 15.1. The fourth-order valence-corrected chi connectivity index (χ4v) is 4.50. The quantitative estimate of drug-likeness (QED) is 0.518. The van der Waals surface area contributed by atoms with Crippen molar-refractivity contribution in [3.63, 3.8) is 0 Å². The van der Waals surface area contributed by atoms with Crippen LogP contribution >= 0.6 is 11.6 Å². The molecule has 0 radical (unpaired) electrons. The number of nitrogens with zero attached hydrogens (tertiary/aromatic N) is 2. The van der Waals surface area contributed by atoms with E-state index in [2.05, 4.69) is 5.32 Å². The molecule has 1 aromatic rings. The Balaban J connectivity index is 1.58. The zero-order chi connectivity index (χ0) is 23.4. The molecule has 10 heteroatoms. The van der Waals surface area contributed by atoms with Gasteiger partial charge in [-0.15, -0.1) is 0 Å². The van der Waals surface area contributed by atoms with Crippen LogP contribution in [0.4, 0.5) is 20.6 Å². The molecule has 174 valence electrons. The summed E-state index contributed by atoms with van der Waals surface area (Å²) < 4.78 is 20.4. The number of rotatable bonds is 4. The minimum absolute atomic E-state index is 0.00979. The van der Waals surface area contributed by atoms with Gasteiger partial charge < -0.3 is 25.0 Å². The first-order valence-electron chi connectivity index (χ1n) is 10.7. The van der Waals surface area contributed by atoms with Crippen molar-refractivity contribution < 1.29 is 28.6 Å². The van der Waals surface area contributed by atoms with Crippen molar-refractivity contribution in [2.75, 3.05) is 29.4 Å². The molecule has 32 heavy (non-hydrogen) atoms. The second-order valence-corrected chi connectivity index (χ2v) is 10.3. The van der Waals surface area contributed by atoms with E-state index >= 15 is 4.39 Å². The van der Waals surface area contributed by atoms with Gasteiger partial charge in [0, 0.05) is 24.7 Å². The second-order valence-electron chi connectivity index (χ2n) is 9.69. The van der Waals surface area contributed by atoms with E-state index in [1.165, 1.54) is 0 Å². The van der Waals surface area contributed by atoms with Gasteiger partial charge in [0.1, 0.15) is 11.4 Å². The van der Waals surface area contributed by atoms with Crippen molar-refractivity contribution in [3.8, 4) is 0 Å². The number of benzene rings is 1. The lowest BCUT2D eigenvalue weighted by molar-refractivity contribution is -0.138. The molecule has 0 aromatic heterocycles. The summed E-state index contributed by atoms with van der Waals surface area (Å²) in [5.74, 6) is -2.85. The topological polar surface area (TPSA) is 99.2 Å². The van der Waals surface area contributed by atoms with Crippen LogP contribution in [0.5, 0.6) is 0 Å². The molecule has 2 atom stereocenters. The molecule has 2 unspecified atom stereocenters. The highest BCUT2D eigenvalue weighted by molar-refractivity contribution is 6.49. The summed E-state index contributed by atoms with van der Waals surface area (Å²) >= 11 is 6.21. The molecule has 1 saturated carbocycles. The van der Waals surface area contributed by atoms with Gasteiger partial charge in [-0.2, -0.15) is 0 Å². The largest absolute Gasteiger partial charge is 0.480 e. The average Bonchev–Trinajstić information content (AvgIpc) is 3.42. The highest BCUT2D eigenvalue weighted by Gasteiger charge is 2.53. The third kappa shape index (κ3) is 4.22. The van der Waals surface area contributed by atoms with E-state index in [1.807, 2.05) is 9.80 Å². The van der Waals surface area contributed by atoms with Crippen LogP contribution in [-0.2, 0) is 9.53 Å². The predicted octanol–water partition coefficient (Wildman–Crippen LogP) is 3.16. The molecule has 1 amide bonds. The maximum absolute atomic E-state index is 15.1. The Morgan fingerprint density at radius 1 is 1.25 bits per heavy atom. The first-order valence-corrected chi connectivity index (χ1v) is 11.1. The monoisotopic (exact) mass is 467 g/mol. The number of carbonyl (C=O) groups excluding carboxylic acids is 2. The lowest BCUT2D eigenvalue weighted by Crippen LogP contribution is -2.55. The molecule has 0 bridgehead atoms. The van der Waals surface area contributed by atoms with E-state index in [4.69, 9.17) is 16.3 Å². The first kappa shape index (κ1) is 22.6. The number of fused-ring (bicyclic) bond motifs is 1. The van der Waals surface area contributed by atoms with Crippen molar-refractivity contribution in [3.05, 3.63) is 23.5 Å². The minimum atomic E-state index is -2.13. The lowest BCUT2D eigenvalue weighted by atomic mass is 9.89. The predicted molar refractivity (Wildman–Crippen MR) is 117 cm³/mol. The second kappa shape index (κ2) is 7.79. The summed E-state index contributed by atoms with van der Waals surface area (Å²) in [6, 6.07) is 2.58. The van der Waals surface area contributed by atoms with Crippen LogP contribution in [0.25, 0.3) is 0 Å². The summed E-state index contributed by atoms with van der Waals surface area (Å²) in [4.78, 5) is 38.2. The van der Waals surface area contributed by atoms with Crippen LogP contribution < -0.4 is 15.1 Å². The van der Waals surface area contributed by atoms with Crippen molar-refractivity contribution in [2.24, 2.45) is 0 Å². The molecule has 8 nitrogen and oxygen atoms in total. The fraction of sp³-hybridized carbons (Fsp3) is 0.591. The van der Waals surface area contributed by atoms with Gasteiger partial charge in [0.25, 0.3) is 0 Å². The molecular formula is C22H27ClFN3O5. The normalized spacial score (nSPS) is 25.5. The number of alkyl carbamates (subject to hydrolysis) is 1. The molecule has 1 aromatic carbocycles. The lowest BCUT2D eigenvalue weighted by Gasteiger charge is -2.38. The number of nitrogens with one attached hydrogen (secondary N) is 1. The van der Waals surface area contributed by atoms with Crippen molar-refractivity contribution in [1.82, 2.24) is 5.32 Å². The molecule has 2 fully saturated rings. The zero-order valence-corrected chi connectivity index (χ0v) is 19.0. The first-order chi connectivity index (χ1) is 14.9. The fourth-order valence-electron chi connectivity index (χ4n) is 4.27. The number of carboxylic acids is 1. The Hall–Kier alpha value is -2.55. The van der Waals surface area contributed by atoms with Crippen LogP contribution in [0, 0.1) is 5.82 Å². The van der Waals surface area contributed by atoms with E-state index < -0.39 is 34.1 Å². The standard InChI is InChI=1S/C22H27ClFN3O5/c1-21(2,3)32-20(31)25-12-6-7-26(10-12)17-9-16-14(8-15(17)24)18(28)22(23,19(29)30)11-27(16)13-4-5-13/h8-9,12-13H,4-7,10-11H2,1-3H3,(H,25,31)(H,29,30). The van der Waals surface area contributed by atoms with Gasteiger partial charge in [-0.05, 0) is 52.2 Å². The Morgan fingerprint density at radius 3 is 2.53 bits per heavy atom. The Morgan fingerprint density at radius 2 is 1.94 bits per heavy atom. The number of halogens is 2. The van der Waals surface area contributed by atoms with Gasteiger partial charge in [-0.1, -0.05) is 11.6 Å². The third-order valence-electron chi connectivity index (χ3n) is 5.94. The maximum Gasteiger partial charge on any atom is 0.407 e. The molecule has 2 heterocycles. The van der Waals surface area contributed by atoms with Crippen LogP contribution in [0.15, 0.2) is 12.1 Å². The Labute approximate surface area is 190 Å². The van der Waals surface area contributed by atoms with Crippen molar-refractivity contribution >= 4 is 40.8 Å². The molecular weight excluding hydrogens is 441 g/mol. The van der Waals surface area contributed by atoms with E-state index in [-0.39, 0.29) is 24.2 Å². The van der Waals surface area contributed by atoms with Crippen LogP contribution in [0.2, 0.25) is 0 Å². The minimum Gasteiger partial charge on any atom is -0.480 e. The molecule has 1 saturated heterocycles. The van der Waals surface area contributed by atoms with Gasteiger partial charge in [0.15, 0.2) is 5.78 Å². The SMILES string of the molecule is CC(C)(C)OC(=O)NC1CCN(c2cc3c(cc2F)C(=O)C(Cl)(C(=O)O)CN3C2CC2)C1. The highest BCUT2D eigenvalue weighted by Crippen LogP contribution is 2.44. The Kier molecular flexibility index (Phi) is 5.51. The number of carboxylic acid groups (broad SMARTS) is 1. The number of anilines is 2. The summed E-state index contributed by atoms with van der Waals surface area (Å²) in [5.41, 5.74) is 0.201. The molecule has 1 aliphatic carbocycles. The number of aliphatic carboxylic acids is 1. The van der Waals surface area contributed by atoms with Gasteiger partial charge in [0.2, 0.25) is 4.87 Å². The van der Waals surface area contributed by atoms with E-state index in [0.29, 0.717) is 30.9 Å². The van der Waals surface area contributed by atoms with E-state index in [0.717, 1.165) is 18.9 Å². The smallest absolute Gasteiger partial charge is 0.407 e. The molecule has 2 aliphatic heterocycles. The van der Waals surface area contributed by atoms with Gasteiger partial charge in [0.05, 0.1) is 24.0 Å². The summed E-state index contributed by atoms with van der Waals surface area (Å²) in [6.45, 7) is 6.09. The number of Topliss-reactive ketones (excluding diaryl/α,β-unsaturated/α-hetero) is 1. The molecule has 3 aliphatic rings. The van der Waals surface area contributed by atoms with Gasteiger partial charge in [-0.3, -0.25) is 4.79 Å². The van der Waals surface area contributed by atoms with Gasteiger partial charge in [-0.25, -0.2) is 14.0 Å². The molecule has 0 spiro atoms. The number of ketones is 1. The number of hydrogen-bond donors (Lipinski definition) is 2. The number of hydrogen-bond acceptors (Lipinski definition) is 6. The highest BCUT2D eigenvalue weighted by atomic mass is 35.5. The van der Waals surface area contributed by atoms with E-state index in [9.17, 15) is 19.5 Å². The molecule has 2 N–H and O–H groups in total. The zero-order valence-electron chi connectivity index (χ0n) is 18.3. The van der Waals surface area contributed by atoms with Crippen LogP contribution in [0.3, 0.4) is 0 Å². The summed E-state index contributed by atoms with van der Waals surface area (Å²) in [6.07, 6.45) is 1.81. The summed E-state index contributed by atoms with van der Waals surface area (Å²) in [7, 11) is 0. The molecule has 4 rings (SSSR count). The van der Waals surface area contributed by atoms with Crippen LogP contribution in [-0.4, -0.2) is 65.1 Å².